The number of hydrogen-bond acceptors (Lipinski definition) is 3. The molecular weight excluding hydrogens is 214 g/mol. The maximum atomic E-state index is 5.39. The minimum Gasteiger partial charge on any atom is -0.496 e. The van der Waals surface area contributed by atoms with Crippen LogP contribution in [0.5, 0.6) is 11.5 Å². The molecule has 1 aromatic carbocycles. The molecule has 3 heteroatoms. The van der Waals surface area contributed by atoms with E-state index in [9.17, 15) is 0 Å². The molecule has 1 N–H and O–H groups in total. The van der Waals surface area contributed by atoms with E-state index in [1.54, 1.807) is 14.2 Å². The van der Waals surface area contributed by atoms with Gasteiger partial charge in [-0.05, 0) is 37.6 Å². The summed E-state index contributed by atoms with van der Waals surface area (Å²) in [6.45, 7) is 6.37. The average Bonchev–Trinajstić information content (AvgIpc) is 2.36. The van der Waals surface area contributed by atoms with Crippen molar-refractivity contribution in [3.8, 4) is 11.5 Å². The van der Waals surface area contributed by atoms with Crippen LogP contribution in [-0.2, 0) is 6.42 Å². The third kappa shape index (κ3) is 3.93. The van der Waals surface area contributed by atoms with Crippen molar-refractivity contribution in [1.82, 2.24) is 5.32 Å². The molecule has 0 aliphatic heterocycles. The normalized spacial score (nSPS) is 12.2. The Balaban J connectivity index is 2.80. The van der Waals surface area contributed by atoms with Crippen molar-refractivity contribution in [2.24, 2.45) is 5.92 Å². The first kappa shape index (κ1) is 13.8. The highest BCUT2D eigenvalue weighted by molar-refractivity contribution is 5.45. The molecule has 0 aliphatic rings. The van der Waals surface area contributed by atoms with Crippen molar-refractivity contribution in [1.29, 1.82) is 0 Å². The van der Waals surface area contributed by atoms with Crippen molar-refractivity contribution in [2.45, 2.75) is 20.3 Å². The molecule has 0 spiro atoms. The lowest BCUT2D eigenvalue weighted by atomic mass is 9.99. The minimum atomic E-state index is 0.556. The molecule has 0 saturated carbocycles. The maximum Gasteiger partial charge on any atom is 0.125 e. The third-order valence-corrected chi connectivity index (χ3v) is 2.83. The van der Waals surface area contributed by atoms with Crippen LogP contribution in [0.15, 0.2) is 18.2 Å². The number of rotatable bonds is 7. The van der Waals surface area contributed by atoms with Crippen LogP contribution in [0.3, 0.4) is 0 Å². The molecule has 1 atom stereocenters. The van der Waals surface area contributed by atoms with Gasteiger partial charge < -0.3 is 14.8 Å². The van der Waals surface area contributed by atoms with E-state index in [0.29, 0.717) is 5.92 Å². The highest BCUT2D eigenvalue weighted by Gasteiger charge is 2.13. The Morgan fingerprint density at radius 1 is 1.18 bits per heavy atom. The number of benzene rings is 1. The fourth-order valence-electron chi connectivity index (χ4n) is 1.94. The van der Waals surface area contributed by atoms with Crippen LogP contribution in [0, 0.1) is 5.92 Å². The Bertz CT molecular complexity index is 317. The van der Waals surface area contributed by atoms with Gasteiger partial charge in [-0.1, -0.05) is 19.9 Å². The number of ether oxygens (including phenoxy) is 2. The lowest BCUT2D eigenvalue weighted by molar-refractivity contribution is 0.378. The first-order valence-corrected chi connectivity index (χ1v) is 6.13. The molecule has 0 saturated heterocycles. The zero-order valence-electron chi connectivity index (χ0n) is 11.2. The molecule has 0 bridgehead atoms. The van der Waals surface area contributed by atoms with Gasteiger partial charge in [0.05, 0.1) is 14.2 Å². The van der Waals surface area contributed by atoms with Crippen molar-refractivity contribution < 1.29 is 9.47 Å². The van der Waals surface area contributed by atoms with E-state index < -0.39 is 0 Å². The fraction of sp³-hybridized carbons (Fsp3) is 0.571. The molecule has 3 nitrogen and oxygen atoms in total. The topological polar surface area (TPSA) is 30.5 Å². The van der Waals surface area contributed by atoms with Crippen molar-refractivity contribution in [2.75, 3.05) is 27.3 Å². The molecule has 96 valence electrons. The fourth-order valence-corrected chi connectivity index (χ4v) is 1.94. The summed E-state index contributed by atoms with van der Waals surface area (Å²) in [5.74, 6) is 2.38. The summed E-state index contributed by atoms with van der Waals surface area (Å²) in [4.78, 5) is 0. The van der Waals surface area contributed by atoms with E-state index in [1.165, 1.54) is 0 Å². The van der Waals surface area contributed by atoms with Crippen molar-refractivity contribution >= 4 is 0 Å². The second-order valence-corrected chi connectivity index (χ2v) is 4.26. The second-order valence-electron chi connectivity index (χ2n) is 4.26. The van der Waals surface area contributed by atoms with Crippen LogP contribution in [0.2, 0.25) is 0 Å². The van der Waals surface area contributed by atoms with E-state index in [1.807, 2.05) is 18.2 Å². The standard InChI is InChI=1S/C14H23NO2/c1-5-15-10-11(2)9-12-13(16-3)7-6-8-14(12)17-4/h6-8,11,15H,5,9-10H2,1-4H3. The third-order valence-electron chi connectivity index (χ3n) is 2.83. The van der Waals surface area contributed by atoms with Crippen LogP contribution in [-0.4, -0.2) is 27.3 Å². The van der Waals surface area contributed by atoms with E-state index in [4.69, 9.17) is 9.47 Å². The summed E-state index contributed by atoms with van der Waals surface area (Å²) in [6.07, 6.45) is 0.959. The van der Waals surface area contributed by atoms with Crippen LogP contribution >= 0.6 is 0 Å². The molecule has 1 aromatic rings. The van der Waals surface area contributed by atoms with E-state index in [-0.39, 0.29) is 0 Å². The Morgan fingerprint density at radius 3 is 2.24 bits per heavy atom. The lowest BCUT2D eigenvalue weighted by Gasteiger charge is -2.17. The van der Waals surface area contributed by atoms with Gasteiger partial charge in [0.1, 0.15) is 11.5 Å². The van der Waals surface area contributed by atoms with Crippen LogP contribution in [0.4, 0.5) is 0 Å². The molecular formula is C14H23NO2. The second kappa shape index (κ2) is 7.17. The average molecular weight is 237 g/mol. The van der Waals surface area contributed by atoms with Gasteiger partial charge in [-0.25, -0.2) is 0 Å². The van der Waals surface area contributed by atoms with E-state index >= 15 is 0 Å². The van der Waals surface area contributed by atoms with E-state index in [0.717, 1.165) is 36.6 Å². The molecule has 0 amide bonds. The molecule has 0 radical (unpaired) electrons. The SMILES string of the molecule is CCNCC(C)Cc1c(OC)cccc1OC. The largest absolute Gasteiger partial charge is 0.496 e. The highest BCUT2D eigenvalue weighted by atomic mass is 16.5. The van der Waals surface area contributed by atoms with Crippen molar-refractivity contribution in [3.63, 3.8) is 0 Å². The summed E-state index contributed by atoms with van der Waals surface area (Å²) >= 11 is 0. The van der Waals surface area contributed by atoms with Gasteiger partial charge in [-0.15, -0.1) is 0 Å². The van der Waals surface area contributed by atoms with Crippen LogP contribution in [0.1, 0.15) is 19.4 Å². The van der Waals surface area contributed by atoms with Gasteiger partial charge in [0.15, 0.2) is 0 Å². The summed E-state index contributed by atoms with van der Waals surface area (Å²) < 4.78 is 10.8. The summed E-state index contributed by atoms with van der Waals surface area (Å²) in [6, 6.07) is 5.92. The Labute approximate surface area is 104 Å². The molecule has 0 aliphatic carbocycles. The van der Waals surface area contributed by atoms with Crippen molar-refractivity contribution in [3.05, 3.63) is 23.8 Å². The molecule has 0 fully saturated rings. The molecule has 0 aromatic heterocycles. The Hall–Kier alpha value is -1.22. The number of nitrogens with one attached hydrogen (secondary N) is 1. The zero-order chi connectivity index (χ0) is 12.7. The summed E-state index contributed by atoms with van der Waals surface area (Å²) in [5, 5.41) is 3.36. The predicted molar refractivity (Wildman–Crippen MR) is 71.0 cm³/mol. The van der Waals surface area contributed by atoms with Gasteiger partial charge in [0.25, 0.3) is 0 Å². The number of hydrogen-bond donors (Lipinski definition) is 1. The summed E-state index contributed by atoms with van der Waals surface area (Å²) in [7, 11) is 3.40. The molecule has 1 rings (SSSR count). The predicted octanol–water partition coefficient (Wildman–Crippen LogP) is 2.49. The van der Waals surface area contributed by atoms with Crippen LogP contribution < -0.4 is 14.8 Å². The minimum absolute atomic E-state index is 0.556. The van der Waals surface area contributed by atoms with Gasteiger partial charge >= 0.3 is 0 Å². The number of methoxy groups -OCH3 is 2. The zero-order valence-corrected chi connectivity index (χ0v) is 11.2. The smallest absolute Gasteiger partial charge is 0.125 e. The van der Waals surface area contributed by atoms with Gasteiger partial charge in [0.2, 0.25) is 0 Å². The van der Waals surface area contributed by atoms with Crippen LogP contribution in [0.25, 0.3) is 0 Å². The highest BCUT2D eigenvalue weighted by Crippen LogP contribution is 2.30. The Kier molecular flexibility index (Phi) is 5.84. The first-order chi connectivity index (χ1) is 8.22. The van der Waals surface area contributed by atoms with E-state index in [2.05, 4.69) is 19.2 Å². The van der Waals surface area contributed by atoms with Gasteiger partial charge in [0, 0.05) is 5.56 Å². The van der Waals surface area contributed by atoms with Gasteiger partial charge in [-0.2, -0.15) is 0 Å². The lowest BCUT2D eigenvalue weighted by Crippen LogP contribution is -2.22. The van der Waals surface area contributed by atoms with Gasteiger partial charge in [-0.3, -0.25) is 0 Å². The maximum absolute atomic E-state index is 5.39. The quantitative estimate of drug-likeness (QED) is 0.790. The molecule has 0 heterocycles. The first-order valence-electron chi connectivity index (χ1n) is 6.13. The molecule has 17 heavy (non-hydrogen) atoms. The summed E-state index contributed by atoms with van der Waals surface area (Å²) in [5.41, 5.74) is 1.16. The molecule has 1 unspecified atom stereocenters. The Morgan fingerprint density at radius 2 is 1.76 bits per heavy atom. The monoisotopic (exact) mass is 237 g/mol.